The molecular weight excluding hydrogens is 244 g/mol. The summed E-state index contributed by atoms with van der Waals surface area (Å²) in [5.41, 5.74) is 6.92. The van der Waals surface area contributed by atoms with Crippen molar-refractivity contribution in [1.82, 2.24) is 9.97 Å². The zero-order valence-corrected chi connectivity index (χ0v) is 12.4. The molecule has 0 spiro atoms. The fourth-order valence-corrected chi connectivity index (χ4v) is 1.83. The lowest BCUT2D eigenvalue weighted by atomic mass is 10.2. The Morgan fingerprint density at radius 2 is 2.06 bits per heavy atom. The molecule has 4 nitrogen and oxygen atoms in total. The molecule has 5 heteroatoms. The van der Waals surface area contributed by atoms with Crippen LogP contribution in [-0.2, 0) is 0 Å². The number of rotatable bonds is 5. The standard InChI is InChI=1S/C13H22N4S/c1-8-10(14)16-12(9-5-6-9)17-11(8)15-7-13(2,3)18-4/h9H,5-7H2,1-4H3,(H3,14,15,16,17). The zero-order chi connectivity index (χ0) is 13.3. The van der Waals surface area contributed by atoms with Gasteiger partial charge in [-0.2, -0.15) is 11.8 Å². The number of hydrogen-bond acceptors (Lipinski definition) is 5. The summed E-state index contributed by atoms with van der Waals surface area (Å²) in [7, 11) is 0. The quantitative estimate of drug-likeness (QED) is 0.858. The highest BCUT2D eigenvalue weighted by molar-refractivity contribution is 7.99. The number of nitrogens with zero attached hydrogens (tertiary/aromatic N) is 2. The summed E-state index contributed by atoms with van der Waals surface area (Å²) >= 11 is 1.84. The predicted octanol–water partition coefficient (Wildman–Crippen LogP) is 2.80. The van der Waals surface area contributed by atoms with Gasteiger partial charge in [0.15, 0.2) is 0 Å². The van der Waals surface area contributed by atoms with E-state index >= 15 is 0 Å². The van der Waals surface area contributed by atoms with Crippen LogP contribution in [0.3, 0.4) is 0 Å². The van der Waals surface area contributed by atoms with E-state index < -0.39 is 0 Å². The van der Waals surface area contributed by atoms with Crippen LogP contribution in [0.5, 0.6) is 0 Å². The molecular formula is C13H22N4S. The molecule has 1 aromatic heterocycles. The fraction of sp³-hybridized carbons (Fsp3) is 0.692. The number of nitrogen functional groups attached to an aromatic ring is 1. The smallest absolute Gasteiger partial charge is 0.136 e. The molecule has 1 heterocycles. The average molecular weight is 266 g/mol. The van der Waals surface area contributed by atoms with Crippen LogP contribution in [0.1, 0.15) is 44.0 Å². The first-order valence-electron chi connectivity index (χ1n) is 6.36. The summed E-state index contributed by atoms with van der Waals surface area (Å²) in [6, 6.07) is 0. The van der Waals surface area contributed by atoms with Crippen LogP contribution in [0.15, 0.2) is 0 Å². The van der Waals surface area contributed by atoms with Crippen molar-refractivity contribution in [2.24, 2.45) is 0 Å². The van der Waals surface area contributed by atoms with Gasteiger partial charge in [0, 0.05) is 22.8 Å². The Kier molecular flexibility index (Phi) is 3.71. The van der Waals surface area contributed by atoms with Gasteiger partial charge in [0.1, 0.15) is 17.5 Å². The van der Waals surface area contributed by atoms with E-state index in [0.717, 1.165) is 23.8 Å². The monoisotopic (exact) mass is 266 g/mol. The van der Waals surface area contributed by atoms with Crippen LogP contribution in [-0.4, -0.2) is 27.5 Å². The molecule has 1 aliphatic carbocycles. The molecule has 100 valence electrons. The molecule has 0 saturated heterocycles. The van der Waals surface area contributed by atoms with Crippen molar-refractivity contribution < 1.29 is 0 Å². The molecule has 18 heavy (non-hydrogen) atoms. The highest BCUT2D eigenvalue weighted by Gasteiger charge is 2.28. The van der Waals surface area contributed by atoms with Crippen molar-refractivity contribution in [2.45, 2.75) is 44.3 Å². The van der Waals surface area contributed by atoms with E-state index in [1.54, 1.807) is 0 Å². The Morgan fingerprint density at radius 3 is 2.61 bits per heavy atom. The van der Waals surface area contributed by atoms with Crippen LogP contribution in [0.4, 0.5) is 11.6 Å². The largest absolute Gasteiger partial charge is 0.383 e. The highest BCUT2D eigenvalue weighted by atomic mass is 32.2. The van der Waals surface area contributed by atoms with Gasteiger partial charge < -0.3 is 11.1 Å². The fourth-order valence-electron chi connectivity index (χ4n) is 1.62. The molecule has 1 fully saturated rings. The van der Waals surface area contributed by atoms with E-state index in [4.69, 9.17) is 5.73 Å². The molecule has 2 rings (SSSR count). The van der Waals surface area contributed by atoms with Crippen LogP contribution in [0.2, 0.25) is 0 Å². The van der Waals surface area contributed by atoms with Gasteiger partial charge in [-0.3, -0.25) is 0 Å². The number of nitrogens with two attached hydrogens (primary N) is 1. The van der Waals surface area contributed by atoms with Crippen LogP contribution in [0.25, 0.3) is 0 Å². The maximum absolute atomic E-state index is 5.96. The van der Waals surface area contributed by atoms with Crippen molar-refractivity contribution in [2.75, 3.05) is 23.9 Å². The first-order valence-corrected chi connectivity index (χ1v) is 7.58. The molecule has 0 aromatic carbocycles. The van der Waals surface area contributed by atoms with Gasteiger partial charge in [-0.05, 0) is 39.9 Å². The topological polar surface area (TPSA) is 63.8 Å². The van der Waals surface area contributed by atoms with Crippen molar-refractivity contribution in [3.63, 3.8) is 0 Å². The average Bonchev–Trinajstić information content (AvgIpc) is 3.15. The SMILES string of the molecule is CSC(C)(C)CNc1nc(C2CC2)nc(N)c1C. The van der Waals surface area contributed by atoms with Gasteiger partial charge in [0.2, 0.25) is 0 Å². The molecule has 1 saturated carbocycles. The normalized spacial score (nSPS) is 15.8. The number of thioether (sulfide) groups is 1. The zero-order valence-electron chi connectivity index (χ0n) is 11.6. The van der Waals surface area contributed by atoms with E-state index in [9.17, 15) is 0 Å². The van der Waals surface area contributed by atoms with Gasteiger partial charge >= 0.3 is 0 Å². The minimum atomic E-state index is 0.186. The van der Waals surface area contributed by atoms with Gasteiger partial charge in [-0.25, -0.2) is 9.97 Å². The lowest BCUT2D eigenvalue weighted by Crippen LogP contribution is -2.27. The summed E-state index contributed by atoms with van der Waals surface area (Å²) in [6.07, 6.45) is 4.51. The molecule has 1 aliphatic rings. The second kappa shape index (κ2) is 4.96. The maximum Gasteiger partial charge on any atom is 0.136 e. The number of anilines is 2. The molecule has 0 aliphatic heterocycles. The number of hydrogen-bond donors (Lipinski definition) is 2. The minimum absolute atomic E-state index is 0.186. The van der Waals surface area contributed by atoms with E-state index in [2.05, 4.69) is 35.4 Å². The third kappa shape index (κ3) is 3.07. The Bertz CT molecular complexity index is 441. The first kappa shape index (κ1) is 13.5. The van der Waals surface area contributed by atoms with Crippen molar-refractivity contribution in [3.05, 3.63) is 11.4 Å². The van der Waals surface area contributed by atoms with E-state index in [-0.39, 0.29) is 4.75 Å². The minimum Gasteiger partial charge on any atom is -0.383 e. The summed E-state index contributed by atoms with van der Waals surface area (Å²) in [5, 5.41) is 3.42. The molecule has 0 amide bonds. The van der Waals surface area contributed by atoms with Gasteiger partial charge in [0.25, 0.3) is 0 Å². The van der Waals surface area contributed by atoms with Gasteiger partial charge in [-0.15, -0.1) is 0 Å². The van der Waals surface area contributed by atoms with Crippen molar-refractivity contribution >= 4 is 23.4 Å². The maximum atomic E-state index is 5.96. The number of nitrogens with one attached hydrogen (secondary N) is 1. The van der Waals surface area contributed by atoms with E-state index in [1.807, 2.05) is 18.7 Å². The van der Waals surface area contributed by atoms with Crippen LogP contribution < -0.4 is 11.1 Å². The Balaban J connectivity index is 2.16. The Hall–Kier alpha value is -0.970. The van der Waals surface area contributed by atoms with Crippen LogP contribution >= 0.6 is 11.8 Å². The third-order valence-electron chi connectivity index (χ3n) is 3.38. The Morgan fingerprint density at radius 1 is 1.39 bits per heavy atom. The lowest BCUT2D eigenvalue weighted by molar-refractivity contribution is 0.747. The second-order valence-electron chi connectivity index (χ2n) is 5.53. The van der Waals surface area contributed by atoms with E-state index in [0.29, 0.717) is 11.7 Å². The summed E-state index contributed by atoms with van der Waals surface area (Å²) < 4.78 is 0.186. The number of aromatic nitrogens is 2. The molecule has 0 bridgehead atoms. The molecule has 0 radical (unpaired) electrons. The van der Waals surface area contributed by atoms with Gasteiger partial charge in [0.05, 0.1) is 0 Å². The predicted molar refractivity (Wildman–Crippen MR) is 79.2 cm³/mol. The lowest BCUT2D eigenvalue weighted by Gasteiger charge is -2.23. The van der Waals surface area contributed by atoms with E-state index in [1.165, 1.54) is 12.8 Å². The summed E-state index contributed by atoms with van der Waals surface area (Å²) in [5.74, 6) is 2.94. The van der Waals surface area contributed by atoms with Crippen LogP contribution in [0, 0.1) is 6.92 Å². The van der Waals surface area contributed by atoms with Gasteiger partial charge in [-0.1, -0.05) is 0 Å². The molecule has 3 N–H and O–H groups in total. The van der Waals surface area contributed by atoms with Crippen molar-refractivity contribution in [1.29, 1.82) is 0 Å². The molecule has 0 unspecified atom stereocenters. The first-order chi connectivity index (χ1) is 8.43. The highest BCUT2D eigenvalue weighted by Crippen LogP contribution is 2.39. The third-order valence-corrected chi connectivity index (χ3v) is 4.63. The van der Waals surface area contributed by atoms with Crippen molar-refractivity contribution in [3.8, 4) is 0 Å². The second-order valence-corrected chi connectivity index (χ2v) is 7.05. The summed E-state index contributed by atoms with van der Waals surface area (Å²) in [4.78, 5) is 9.00. The Labute approximate surface area is 113 Å². The molecule has 0 atom stereocenters. The molecule has 1 aromatic rings. The summed E-state index contributed by atoms with van der Waals surface area (Å²) in [6.45, 7) is 7.27.